The molecule has 1 unspecified atom stereocenters. The Bertz CT molecular complexity index is 171. The number of nitrogens with zero attached hydrogens (tertiary/aromatic N) is 1. The van der Waals surface area contributed by atoms with E-state index in [0.29, 0.717) is 6.04 Å². The first kappa shape index (κ1) is 14.0. The third-order valence-corrected chi connectivity index (χ3v) is 4.09. The van der Waals surface area contributed by atoms with E-state index in [0.717, 1.165) is 6.92 Å². The van der Waals surface area contributed by atoms with Crippen LogP contribution in [0.5, 0.6) is 0 Å². The van der Waals surface area contributed by atoms with Crippen molar-refractivity contribution in [2.24, 2.45) is 0 Å². The fourth-order valence-corrected chi connectivity index (χ4v) is 2.37. The molecule has 86 valence electrons. The van der Waals surface area contributed by atoms with Gasteiger partial charge in [-0.2, -0.15) is 0 Å². The lowest BCUT2D eigenvalue weighted by molar-refractivity contribution is -0.132. The molecule has 14 heavy (non-hydrogen) atoms. The fourth-order valence-electron chi connectivity index (χ4n) is 1.14. The van der Waals surface area contributed by atoms with Gasteiger partial charge >= 0.3 is 0 Å². The van der Waals surface area contributed by atoms with Gasteiger partial charge in [-0.25, -0.2) is 13.2 Å². The SMILES string of the molecule is CCC(C)(F)C(F)(F)CC[SiH2]N(C)C. The molecule has 0 bridgehead atoms. The van der Waals surface area contributed by atoms with Crippen molar-refractivity contribution < 1.29 is 13.2 Å². The molecule has 0 heterocycles. The van der Waals surface area contributed by atoms with Crippen LogP contribution in [0, 0.1) is 0 Å². The summed E-state index contributed by atoms with van der Waals surface area (Å²) in [5.74, 6) is -3.18. The van der Waals surface area contributed by atoms with Crippen LogP contribution in [0.3, 0.4) is 0 Å². The molecule has 1 atom stereocenters. The van der Waals surface area contributed by atoms with Crippen molar-refractivity contribution in [3.63, 3.8) is 0 Å². The molecular weight excluding hydrogens is 207 g/mol. The Labute approximate surface area is 86.6 Å². The zero-order valence-corrected chi connectivity index (χ0v) is 10.8. The molecule has 0 aromatic carbocycles. The van der Waals surface area contributed by atoms with Crippen LogP contribution in [0.4, 0.5) is 13.2 Å². The van der Waals surface area contributed by atoms with Crippen molar-refractivity contribution in [3.8, 4) is 0 Å². The quantitative estimate of drug-likeness (QED) is 0.629. The summed E-state index contributed by atoms with van der Waals surface area (Å²) in [6.07, 6.45) is -0.457. The molecule has 0 saturated carbocycles. The summed E-state index contributed by atoms with van der Waals surface area (Å²) >= 11 is 0. The highest BCUT2D eigenvalue weighted by molar-refractivity contribution is 6.31. The first-order valence-corrected chi connectivity index (χ1v) is 6.57. The first-order chi connectivity index (χ1) is 6.23. The molecule has 0 aliphatic heterocycles. The van der Waals surface area contributed by atoms with Crippen molar-refractivity contribution in [1.29, 1.82) is 0 Å². The second kappa shape index (κ2) is 5.16. The van der Waals surface area contributed by atoms with Crippen molar-refractivity contribution in [3.05, 3.63) is 0 Å². The normalized spacial score (nSPS) is 18.0. The van der Waals surface area contributed by atoms with Crippen LogP contribution in [0.15, 0.2) is 0 Å². The van der Waals surface area contributed by atoms with Crippen LogP contribution < -0.4 is 0 Å². The summed E-state index contributed by atoms with van der Waals surface area (Å²) in [4.78, 5) is 0. The number of hydrogen-bond acceptors (Lipinski definition) is 1. The summed E-state index contributed by atoms with van der Waals surface area (Å²) in [7, 11) is 3.13. The molecule has 0 spiro atoms. The van der Waals surface area contributed by atoms with E-state index in [9.17, 15) is 13.2 Å². The predicted molar refractivity (Wildman–Crippen MR) is 56.4 cm³/mol. The van der Waals surface area contributed by atoms with Gasteiger partial charge in [0.15, 0.2) is 5.67 Å². The van der Waals surface area contributed by atoms with Crippen LogP contribution in [0.25, 0.3) is 0 Å². The molecule has 5 heteroatoms. The maximum atomic E-state index is 13.4. The lowest BCUT2D eigenvalue weighted by atomic mass is 9.95. The Morgan fingerprint density at radius 1 is 1.21 bits per heavy atom. The Morgan fingerprint density at radius 2 is 1.71 bits per heavy atom. The van der Waals surface area contributed by atoms with Crippen LogP contribution in [-0.4, -0.2) is 39.9 Å². The van der Waals surface area contributed by atoms with Crippen molar-refractivity contribution >= 4 is 9.68 Å². The monoisotopic (exact) mass is 227 g/mol. The number of rotatable bonds is 6. The maximum absolute atomic E-state index is 13.4. The molecule has 0 aromatic heterocycles. The molecular formula is C9H20F3NSi. The van der Waals surface area contributed by atoms with Gasteiger partial charge in [-0.15, -0.1) is 0 Å². The smallest absolute Gasteiger partial charge is 0.280 e. The van der Waals surface area contributed by atoms with E-state index in [4.69, 9.17) is 0 Å². The standard InChI is InChI=1S/C9H20F3NSi/c1-5-8(2,10)9(11,12)6-7-14-13(3)4/h5-7,14H2,1-4H3. The predicted octanol–water partition coefficient (Wildman–Crippen LogP) is 2.21. The van der Waals surface area contributed by atoms with E-state index in [1.165, 1.54) is 6.92 Å². The average Bonchev–Trinajstić information content (AvgIpc) is 2.03. The molecule has 0 amide bonds. The Hall–Kier alpha value is -0.0331. The maximum Gasteiger partial charge on any atom is 0.280 e. The van der Waals surface area contributed by atoms with Crippen LogP contribution in [0.1, 0.15) is 26.7 Å². The minimum atomic E-state index is -3.18. The molecule has 0 saturated heterocycles. The van der Waals surface area contributed by atoms with Crippen molar-refractivity contribution in [1.82, 2.24) is 4.57 Å². The Balaban J connectivity index is 4.07. The summed E-state index contributed by atoms with van der Waals surface area (Å²) in [6.45, 7) is 2.45. The molecule has 1 nitrogen and oxygen atoms in total. The van der Waals surface area contributed by atoms with E-state index in [-0.39, 0.29) is 12.8 Å². The van der Waals surface area contributed by atoms with Crippen molar-refractivity contribution in [2.45, 2.75) is 44.3 Å². The fraction of sp³-hybridized carbons (Fsp3) is 1.00. The molecule has 0 radical (unpaired) electrons. The Morgan fingerprint density at radius 3 is 2.07 bits per heavy atom. The second-order valence-corrected chi connectivity index (χ2v) is 6.58. The highest BCUT2D eigenvalue weighted by atomic mass is 28.2. The lowest BCUT2D eigenvalue weighted by Gasteiger charge is -2.29. The van der Waals surface area contributed by atoms with E-state index in [1.54, 1.807) is 0 Å². The third-order valence-electron chi connectivity index (χ3n) is 2.52. The minimum absolute atomic E-state index is 0.135. The highest BCUT2D eigenvalue weighted by Crippen LogP contribution is 2.38. The highest BCUT2D eigenvalue weighted by Gasteiger charge is 2.48. The van der Waals surface area contributed by atoms with Gasteiger partial charge in [0.1, 0.15) is 0 Å². The topological polar surface area (TPSA) is 3.24 Å². The average molecular weight is 227 g/mol. The number of alkyl halides is 3. The molecule has 0 aromatic rings. The molecule has 0 aliphatic carbocycles. The van der Waals surface area contributed by atoms with Gasteiger partial charge in [-0.1, -0.05) is 6.92 Å². The molecule has 0 aliphatic rings. The van der Waals surface area contributed by atoms with Gasteiger partial charge in [-0.05, 0) is 33.5 Å². The summed E-state index contributed by atoms with van der Waals surface area (Å²) < 4.78 is 41.9. The number of halogens is 3. The van der Waals surface area contributed by atoms with Gasteiger partial charge in [0, 0.05) is 6.42 Å². The summed E-state index contributed by atoms with van der Waals surface area (Å²) in [5, 5.41) is 0. The van der Waals surface area contributed by atoms with Crippen LogP contribution >= 0.6 is 0 Å². The van der Waals surface area contributed by atoms with Crippen molar-refractivity contribution in [2.75, 3.05) is 14.1 Å². The Kier molecular flexibility index (Phi) is 5.15. The largest absolute Gasteiger partial charge is 0.334 e. The molecule has 0 N–H and O–H groups in total. The van der Waals surface area contributed by atoms with E-state index in [2.05, 4.69) is 0 Å². The molecule has 0 rings (SSSR count). The summed E-state index contributed by atoms with van der Waals surface area (Å²) in [6, 6.07) is 0.458. The molecule has 0 fully saturated rings. The lowest BCUT2D eigenvalue weighted by Crippen LogP contribution is -2.41. The van der Waals surface area contributed by atoms with E-state index in [1.807, 2.05) is 18.7 Å². The van der Waals surface area contributed by atoms with Crippen LogP contribution in [0.2, 0.25) is 6.04 Å². The van der Waals surface area contributed by atoms with Gasteiger partial charge < -0.3 is 4.57 Å². The third kappa shape index (κ3) is 4.00. The van der Waals surface area contributed by atoms with E-state index < -0.39 is 21.3 Å². The second-order valence-electron chi connectivity index (χ2n) is 4.16. The number of hydrogen-bond donors (Lipinski definition) is 0. The van der Waals surface area contributed by atoms with E-state index >= 15 is 0 Å². The van der Waals surface area contributed by atoms with Gasteiger partial charge in [0.2, 0.25) is 0 Å². The van der Waals surface area contributed by atoms with Gasteiger partial charge in [0.05, 0.1) is 9.68 Å². The summed E-state index contributed by atoms with van der Waals surface area (Å²) in [5.41, 5.74) is -2.35. The van der Waals surface area contributed by atoms with Gasteiger partial charge in [-0.3, -0.25) is 0 Å². The zero-order chi connectivity index (χ0) is 11.4. The minimum Gasteiger partial charge on any atom is -0.334 e. The van der Waals surface area contributed by atoms with Gasteiger partial charge in [0.25, 0.3) is 5.92 Å². The first-order valence-electron chi connectivity index (χ1n) is 4.94. The van der Waals surface area contributed by atoms with Crippen LogP contribution in [-0.2, 0) is 0 Å². The zero-order valence-electron chi connectivity index (χ0n) is 9.41.